The molecule has 0 radical (unpaired) electrons. The topological polar surface area (TPSA) is 50.8 Å². The highest BCUT2D eigenvalue weighted by molar-refractivity contribution is 4.73. The molecule has 0 unspecified atom stereocenters. The third-order valence-electron chi connectivity index (χ3n) is 5.08. The fourth-order valence-corrected chi connectivity index (χ4v) is 3.70. The maximum atomic E-state index is 10.7. The normalized spacial score (nSPS) is 36.4. The maximum absolute atomic E-state index is 10.7. The molecular formula is C14H28N3O2+. The lowest BCUT2D eigenvalue weighted by molar-refractivity contribution is -0.909. The molecule has 1 aliphatic heterocycles. The van der Waals surface area contributed by atoms with Crippen molar-refractivity contribution in [3.63, 3.8) is 0 Å². The van der Waals surface area contributed by atoms with E-state index in [1.54, 1.807) is 4.90 Å². The Morgan fingerprint density at radius 2 is 1.68 bits per heavy atom. The lowest BCUT2D eigenvalue weighted by Gasteiger charge is -2.35. The van der Waals surface area contributed by atoms with Crippen LogP contribution in [0.2, 0.25) is 0 Å². The van der Waals surface area contributed by atoms with Gasteiger partial charge < -0.3 is 9.80 Å². The lowest BCUT2D eigenvalue weighted by Crippen LogP contribution is -3.14. The van der Waals surface area contributed by atoms with Crippen LogP contribution in [0.5, 0.6) is 0 Å². The molecule has 1 saturated carbocycles. The summed E-state index contributed by atoms with van der Waals surface area (Å²) in [5.41, 5.74) is 0. The van der Waals surface area contributed by atoms with Crippen molar-refractivity contribution in [1.82, 2.24) is 4.90 Å². The quantitative estimate of drug-likeness (QED) is 0.595. The zero-order valence-electron chi connectivity index (χ0n) is 12.3. The van der Waals surface area contributed by atoms with Gasteiger partial charge in [0.1, 0.15) is 0 Å². The molecule has 1 saturated heterocycles. The Balaban J connectivity index is 1.68. The van der Waals surface area contributed by atoms with Gasteiger partial charge in [-0.3, -0.25) is 10.1 Å². The van der Waals surface area contributed by atoms with Gasteiger partial charge in [-0.25, -0.2) is 0 Å². The number of nitrogens with zero attached hydrogens (tertiary/aromatic N) is 2. The van der Waals surface area contributed by atoms with Crippen LogP contribution in [-0.4, -0.2) is 55.6 Å². The summed E-state index contributed by atoms with van der Waals surface area (Å²) in [6.07, 6.45) is 6.31. The number of likely N-dealkylation sites (tertiary alicyclic amines) is 1. The minimum Gasteiger partial charge on any atom is -0.335 e. The summed E-state index contributed by atoms with van der Waals surface area (Å²) in [6, 6.07) is 0.500. The highest BCUT2D eigenvalue weighted by Gasteiger charge is 2.31. The van der Waals surface area contributed by atoms with Crippen molar-refractivity contribution in [2.75, 3.05) is 33.7 Å². The predicted molar refractivity (Wildman–Crippen MR) is 75.0 cm³/mol. The fraction of sp³-hybridized carbons (Fsp3) is 1.00. The van der Waals surface area contributed by atoms with Crippen molar-refractivity contribution in [2.45, 2.75) is 50.6 Å². The second kappa shape index (κ2) is 6.66. The van der Waals surface area contributed by atoms with Crippen LogP contribution in [0.25, 0.3) is 0 Å². The molecule has 0 spiro atoms. The number of quaternary nitrogens is 1. The van der Waals surface area contributed by atoms with Gasteiger partial charge in [0.15, 0.2) is 0 Å². The van der Waals surface area contributed by atoms with E-state index in [0.717, 1.165) is 37.6 Å². The van der Waals surface area contributed by atoms with Gasteiger partial charge in [0.25, 0.3) is 0 Å². The van der Waals surface area contributed by atoms with Crippen LogP contribution in [0.15, 0.2) is 0 Å². The van der Waals surface area contributed by atoms with Crippen LogP contribution in [-0.2, 0) is 0 Å². The highest BCUT2D eigenvalue weighted by atomic mass is 16.6. The number of hydrogen-bond acceptors (Lipinski definition) is 3. The molecule has 19 heavy (non-hydrogen) atoms. The molecule has 1 aliphatic carbocycles. The molecule has 2 rings (SSSR count). The Kier molecular flexibility index (Phi) is 5.16. The van der Waals surface area contributed by atoms with Gasteiger partial charge in [-0.15, -0.1) is 0 Å². The van der Waals surface area contributed by atoms with Crippen molar-refractivity contribution in [1.29, 1.82) is 0 Å². The van der Waals surface area contributed by atoms with Crippen molar-refractivity contribution in [3.05, 3.63) is 10.1 Å². The minimum absolute atomic E-state index is 0.0777. The van der Waals surface area contributed by atoms with E-state index in [-0.39, 0.29) is 11.0 Å². The molecule has 2 fully saturated rings. The van der Waals surface area contributed by atoms with E-state index < -0.39 is 0 Å². The maximum Gasteiger partial charge on any atom is 0.213 e. The van der Waals surface area contributed by atoms with Gasteiger partial charge in [0, 0.05) is 42.6 Å². The molecule has 2 aliphatic rings. The van der Waals surface area contributed by atoms with Gasteiger partial charge in [-0.1, -0.05) is 0 Å². The summed E-state index contributed by atoms with van der Waals surface area (Å²) in [5, 5.41) is 10.7. The predicted octanol–water partition coefficient (Wildman–Crippen LogP) is 0.431. The van der Waals surface area contributed by atoms with Crippen LogP contribution >= 0.6 is 0 Å². The van der Waals surface area contributed by atoms with Crippen molar-refractivity contribution in [3.8, 4) is 0 Å². The van der Waals surface area contributed by atoms with E-state index in [4.69, 9.17) is 0 Å². The number of nitro groups is 1. The molecule has 0 atom stereocenters. The Bertz CT molecular complexity index is 293. The van der Waals surface area contributed by atoms with Gasteiger partial charge in [-0.05, 0) is 26.9 Å². The second-order valence-electron chi connectivity index (χ2n) is 6.61. The number of hydrogen-bond donors (Lipinski definition) is 1. The molecule has 1 N–H and O–H groups in total. The zero-order valence-corrected chi connectivity index (χ0v) is 12.3. The van der Waals surface area contributed by atoms with Gasteiger partial charge in [0.05, 0.1) is 19.6 Å². The number of nitrogens with one attached hydrogen (secondary N) is 1. The smallest absolute Gasteiger partial charge is 0.213 e. The summed E-state index contributed by atoms with van der Waals surface area (Å²) in [7, 11) is 4.35. The largest absolute Gasteiger partial charge is 0.335 e. The molecule has 0 bridgehead atoms. The minimum atomic E-state index is -0.259. The van der Waals surface area contributed by atoms with E-state index in [9.17, 15) is 10.1 Å². The molecule has 5 heteroatoms. The average Bonchev–Trinajstić information content (AvgIpc) is 2.40. The molecular weight excluding hydrogens is 242 g/mol. The Labute approximate surface area is 116 Å². The molecule has 0 aromatic heterocycles. The fourth-order valence-electron chi connectivity index (χ4n) is 3.70. The SMILES string of the molecule is CN(C)C1CC[NH+](CC2CCC([N+](=O)[O-])CC2)CC1. The first-order valence-corrected chi connectivity index (χ1v) is 7.69. The number of rotatable bonds is 4. The van der Waals surface area contributed by atoms with Crippen LogP contribution in [0, 0.1) is 16.0 Å². The van der Waals surface area contributed by atoms with Crippen LogP contribution < -0.4 is 4.90 Å². The Morgan fingerprint density at radius 3 is 2.16 bits per heavy atom. The molecule has 110 valence electrons. The number of piperidine rings is 1. The van der Waals surface area contributed by atoms with E-state index in [1.165, 1.54) is 32.5 Å². The first-order valence-electron chi connectivity index (χ1n) is 7.69. The van der Waals surface area contributed by atoms with E-state index in [0.29, 0.717) is 0 Å². The molecule has 0 aromatic rings. The summed E-state index contributed by atoms with van der Waals surface area (Å²) >= 11 is 0. The average molecular weight is 270 g/mol. The zero-order chi connectivity index (χ0) is 13.8. The first-order chi connectivity index (χ1) is 9.06. The molecule has 1 heterocycles. The Hall–Kier alpha value is -0.680. The third-order valence-corrected chi connectivity index (χ3v) is 5.08. The van der Waals surface area contributed by atoms with E-state index in [1.807, 2.05) is 0 Å². The van der Waals surface area contributed by atoms with Crippen LogP contribution in [0.4, 0.5) is 0 Å². The van der Waals surface area contributed by atoms with Crippen LogP contribution in [0.3, 0.4) is 0 Å². The highest BCUT2D eigenvalue weighted by Crippen LogP contribution is 2.24. The van der Waals surface area contributed by atoms with Gasteiger partial charge in [0.2, 0.25) is 6.04 Å². The van der Waals surface area contributed by atoms with Gasteiger partial charge in [-0.2, -0.15) is 0 Å². The first kappa shape index (κ1) is 14.7. The summed E-state index contributed by atoms with van der Waals surface area (Å²) in [4.78, 5) is 14.7. The molecule has 5 nitrogen and oxygen atoms in total. The summed E-state index contributed by atoms with van der Waals surface area (Å²) < 4.78 is 0. The van der Waals surface area contributed by atoms with Crippen molar-refractivity contribution in [2.24, 2.45) is 5.92 Å². The third kappa shape index (κ3) is 4.14. The molecule has 0 aromatic carbocycles. The van der Waals surface area contributed by atoms with E-state index in [2.05, 4.69) is 19.0 Å². The van der Waals surface area contributed by atoms with Crippen molar-refractivity contribution >= 4 is 0 Å². The Morgan fingerprint density at radius 1 is 1.11 bits per heavy atom. The monoisotopic (exact) mass is 270 g/mol. The lowest BCUT2D eigenvalue weighted by atomic mass is 9.85. The second-order valence-corrected chi connectivity index (χ2v) is 6.61. The summed E-state index contributed by atoms with van der Waals surface area (Å²) in [6.45, 7) is 3.79. The van der Waals surface area contributed by atoms with Crippen molar-refractivity contribution < 1.29 is 9.82 Å². The van der Waals surface area contributed by atoms with Gasteiger partial charge >= 0.3 is 0 Å². The van der Waals surface area contributed by atoms with E-state index >= 15 is 0 Å². The standard InChI is InChI=1S/C14H27N3O2/c1-15(2)13-7-9-16(10-8-13)11-12-3-5-14(6-4-12)17(18)19/h12-14H,3-11H2,1-2H3/p+1. The summed E-state index contributed by atoms with van der Waals surface area (Å²) in [5.74, 6) is 0.724. The molecule has 0 amide bonds. The van der Waals surface area contributed by atoms with Crippen LogP contribution in [0.1, 0.15) is 38.5 Å².